The first kappa shape index (κ1) is 16.2. The topological polar surface area (TPSA) is 73.5 Å². The van der Waals surface area contributed by atoms with Crippen molar-refractivity contribution in [3.8, 4) is 0 Å². The van der Waals surface area contributed by atoms with Gasteiger partial charge in [-0.05, 0) is 18.9 Å². The van der Waals surface area contributed by atoms with Gasteiger partial charge < -0.3 is 5.73 Å². The minimum absolute atomic E-state index is 0. The molecule has 0 aromatic carbocycles. The highest BCUT2D eigenvalue weighted by atomic mass is 35.5. The molecule has 0 saturated heterocycles. The summed E-state index contributed by atoms with van der Waals surface area (Å²) in [4.78, 5) is 4.69. The SMILES string of the molecule is CN1C(c2cn[nH]c2)C=C2C(C3CCCCC3N)=NC=CN21.Cl. The molecule has 4 rings (SSSR count). The van der Waals surface area contributed by atoms with E-state index in [-0.39, 0.29) is 24.5 Å². The molecule has 3 heterocycles. The molecular formula is C16H23ClN6. The first-order valence-corrected chi connectivity index (χ1v) is 7.98. The van der Waals surface area contributed by atoms with Crippen molar-refractivity contribution >= 4 is 18.1 Å². The lowest BCUT2D eigenvalue weighted by Gasteiger charge is -2.35. The summed E-state index contributed by atoms with van der Waals surface area (Å²) >= 11 is 0. The number of halogens is 1. The van der Waals surface area contributed by atoms with Crippen LogP contribution in [0, 0.1) is 5.92 Å². The first-order valence-electron chi connectivity index (χ1n) is 7.98. The maximum absolute atomic E-state index is 6.38. The van der Waals surface area contributed by atoms with Gasteiger partial charge in [0.2, 0.25) is 0 Å². The number of aliphatic imine (C=N–C) groups is 1. The molecule has 1 saturated carbocycles. The summed E-state index contributed by atoms with van der Waals surface area (Å²) < 4.78 is 0. The molecule has 0 radical (unpaired) electrons. The van der Waals surface area contributed by atoms with E-state index in [1.807, 2.05) is 24.8 Å². The quantitative estimate of drug-likeness (QED) is 0.870. The van der Waals surface area contributed by atoms with Crippen molar-refractivity contribution in [1.29, 1.82) is 0 Å². The molecule has 3 atom stereocenters. The van der Waals surface area contributed by atoms with E-state index in [4.69, 9.17) is 10.7 Å². The number of nitrogens with one attached hydrogen (secondary N) is 1. The van der Waals surface area contributed by atoms with Crippen molar-refractivity contribution in [2.24, 2.45) is 16.6 Å². The normalized spacial score (nSPS) is 30.5. The van der Waals surface area contributed by atoms with Crippen LogP contribution in [0.3, 0.4) is 0 Å². The number of rotatable bonds is 2. The fourth-order valence-corrected chi connectivity index (χ4v) is 3.79. The fourth-order valence-electron chi connectivity index (χ4n) is 3.79. The molecular weight excluding hydrogens is 312 g/mol. The van der Waals surface area contributed by atoms with E-state index in [9.17, 15) is 0 Å². The minimum Gasteiger partial charge on any atom is -0.327 e. The van der Waals surface area contributed by atoms with Gasteiger partial charge in [0.15, 0.2) is 0 Å². The molecule has 1 aromatic rings. The zero-order valence-electron chi connectivity index (χ0n) is 13.2. The Morgan fingerprint density at radius 1 is 1.30 bits per heavy atom. The van der Waals surface area contributed by atoms with Crippen LogP contribution >= 0.6 is 12.4 Å². The molecule has 124 valence electrons. The number of H-pyrrole nitrogens is 1. The Morgan fingerprint density at radius 3 is 2.87 bits per heavy atom. The molecule has 0 bridgehead atoms. The van der Waals surface area contributed by atoms with Crippen molar-refractivity contribution in [2.45, 2.75) is 37.8 Å². The molecule has 1 aliphatic carbocycles. The third-order valence-electron chi connectivity index (χ3n) is 5.02. The van der Waals surface area contributed by atoms with Crippen molar-refractivity contribution in [2.75, 3.05) is 7.05 Å². The van der Waals surface area contributed by atoms with E-state index < -0.39 is 0 Å². The average Bonchev–Trinajstić information content (AvgIpc) is 3.16. The second-order valence-corrected chi connectivity index (χ2v) is 6.31. The molecule has 23 heavy (non-hydrogen) atoms. The van der Waals surface area contributed by atoms with Gasteiger partial charge in [0, 0.05) is 43.2 Å². The van der Waals surface area contributed by atoms with Gasteiger partial charge in [-0.25, -0.2) is 5.01 Å². The third-order valence-corrected chi connectivity index (χ3v) is 5.02. The molecule has 0 spiro atoms. The molecule has 3 aliphatic rings. The lowest BCUT2D eigenvalue weighted by atomic mass is 9.80. The highest BCUT2D eigenvalue weighted by Crippen LogP contribution is 2.38. The predicted octanol–water partition coefficient (Wildman–Crippen LogP) is 2.36. The summed E-state index contributed by atoms with van der Waals surface area (Å²) in [5.41, 5.74) is 9.86. The number of hydrogen-bond acceptors (Lipinski definition) is 5. The molecule has 3 N–H and O–H groups in total. The zero-order chi connectivity index (χ0) is 15.1. The molecule has 0 amide bonds. The first-order chi connectivity index (χ1) is 10.8. The predicted molar refractivity (Wildman–Crippen MR) is 92.8 cm³/mol. The van der Waals surface area contributed by atoms with E-state index >= 15 is 0 Å². The number of hydrogen-bond donors (Lipinski definition) is 2. The Balaban J connectivity index is 0.00000156. The molecule has 2 aliphatic heterocycles. The number of aromatic nitrogens is 2. The lowest BCUT2D eigenvalue weighted by molar-refractivity contribution is 0.0881. The van der Waals surface area contributed by atoms with Crippen molar-refractivity contribution in [3.05, 3.63) is 42.1 Å². The number of nitrogens with two attached hydrogens (primary N) is 1. The van der Waals surface area contributed by atoms with Crippen LogP contribution in [0.25, 0.3) is 0 Å². The maximum atomic E-state index is 6.38. The molecule has 1 fully saturated rings. The van der Waals surface area contributed by atoms with Gasteiger partial charge in [0.05, 0.1) is 23.6 Å². The molecule has 6 nitrogen and oxygen atoms in total. The minimum atomic E-state index is 0. The second kappa shape index (κ2) is 6.47. The maximum Gasteiger partial charge on any atom is 0.0778 e. The van der Waals surface area contributed by atoms with Crippen LogP contribution in [0.1, 0.15) is 37.3 Å². The van der Waals surface area contributed by atoms with Gasteiger partial charge in [-0.1, -0.05) is 12.8 Å². The number of aromatic amines is 1. The van der Waals surface area contributed by atoms with E-state index in [2.05, 4.69) is 33.3 Å². The molecule has 3 unspecified atom stereocenters. The van der Waals surface area contributed by atoms with Crippen molar-refractivity contribution in [3.63, 3.8) is 0 Å². The Morgan fingerprint density at radius 2 is 2.13 bits per heavy atom. The fraction of sp³-hybridized carbons (Fsp3) is 0.500. The number of hydrazine groups is 1. The van der Waals surface area contributed by atoms with Gasteiger partial charge in [0.1, 0.15) is 0 Å². The van der Waals surface area contributed by atoms with Gasteiger partial charge in [-0.2, -0.15) is 5.10 Å². The van der Waals surface area contributed by atoms with E-state index in [1.54, 1.807) is 0 Å². The van der Waals surface area contributed by atoms with Gasteiger partial charge in [0.25, 0.3) is 0 Å². The Labute approximate surface area is 142 Å². The summed E-state index contributed by atoms with van der Waals surface area (Å²) in [7, 11) is 2.09. The van der Waals surface area contributed by atoms with Crippen LogP contribution in [-0.4, -0.2) is 39.0 Å². The number of nitrogens with zero attached hydrogens (tertiary/aromatic N) is 4. The lowest BCUT2D eigenvalue weighted by Crippen LogP contribution is -2.42. The zero-order valence-corrected chi connectivity index (χ0v) is 14.0. The largest absolute Gasteiger partial charge is 0.327 e. The standard InChI is InChI=1S/C16H22N6.ClH/c1-21-14(11-9-19-20-10-11)8-15-16(18-6-7-22(15)21)12-4-2-3-5-13(12)17;/h6-10,12-14H,2-5,17H2,1H3,(H,19,20);1H. The van der Waals surface area contributed by atoms with Crippen molar-refractivity contribution < 1.29 is 0 Å². The third kappa shape index (κ3) is 2.71. The Bertz CT molecular complexity index is 635. The highest BCUT2D eigenvalue weighted by molar-refractivity contribution is 6.03. The van der Waals surface area contributed by atoms with Gasteiger partial charge >= 0.3 is 0 Å². The summed E-state index contributed by atoms with van der Waals surface area (Å²) in [6.45, 7) is 0. The van der Waals surface area contributed by atoms with Crippen LogP contribution in [0.15, 0.2) is 41.6 Å². The van der Waals surface area contributed by atoms with E-state index in [0.717, 1.165) is 24.1 Å². The Hall–Kier alpha value is -1.63. The van der Waals surface area contributed by atoms with Gasteiger partial charge in [-0.15, -0.1) is 12.4 Å². The van der Waals surface area contributed by atoms with Crippen LogP contribution in [0.5, 0.6) is 0 Å². The number of allylic oxidation sites excluding steroid dienone is 1. The monoisotopic (exact) mass is 334 g/mol. The molecule has 7 heteroatoms. The van der Waals surface area contributed by atoms with Crippen LogP contribution in [-0.2, 0) is 0 Å². The van der Waals surface area contributed by atoms with Crippen LogP contribution < -0.4 is 5.73 Å². The van der Waals surface area contributed by atoms with E-state index in [1.165, 1.54) is 18.5 Å². The highest BCUT2D eigenvalue weighted by Gasteiger charge is 2.37. The molecule has 1 aromatic heterocycles. The average molecular weight is 335 g/mol. The summed E-state index contributed by atoms with van der Waals surface area (Å²) in [5.74, 6) is 0.365. The van der Waals surface area contributed by atoms with Crippen LogP contribution in [0.4, 0.5) is 0 Å². The summed E-state index contributed by atoms with van der Waals surface area (Å²) in [6, 6.07) is 0.404. The van der Waals surface area contributed by atoms with E-state index in [0.29, 0.717) is 5.92 Å². The van der Waals surface area contributed by atoms with Gasteiger partial charge in [-0.3, -0.25) is 15.1 Å². The number of likely N-dealkylation sites (N-methyl/N-ethyl adjacent to an activating group) is 1. The van der Waals surface area contributed by atoms with Crippen LogP contribution in [0.2, 0.25) is 0 Å². The summed E-state index contributed by atoms with van der Waals surface area (Å²) in [6.07, 6.45) is 14.7. The summed E-state index contributed by atoms with van der Waals surface area (Å²) in [5, 5.41) is 11.4. The Kier molecular flexibility index (Phi) is 4.57. The number of fused-ring (bicyclic) bond motifs is 1. The van der Waals surface area contributed by atoms with Crippen molar-refractivity contribution in [1.82, 2.24) is 20.2 Å². The second-order valence-electron chi connectivity index (χ2n) is 6.31. The smallest absolute Gasteiger partial charge is 0.0778 e.